The number of piperazine rings is 1. The lowest BCUT2D eigenvalue weighted by Gasteiger charge is -2.39. The summed E-state index contributed by atoms with van der Waals surface area (Å²) in [6.07, 6.45) is 7.70. The smallest absolute Gasteiger partial charge is 0.236 e. The normalized spacial score (nSPS) is 20.6. The van der Waals surface area contributed by atoms with E-state index >= 15 is 0 Å². The van der Waals surface area contributed by atoms with Gasteiger partial charge in [-0.15, -0.1) is 0 Å². The lowest BCUT2D eigenvalue weighted by molar-refractivity contribution is -0.135. The number of hydrogen-bond donors (Lipinski definition) is 2. The molecule has 0 atom stereocenters. The molecule has 3 N–H and O–H groups in total. The molecule has 1 saturated carbocycles. The Morgan fingerprint density at radius 1 is 0.917 bits per heavy atom. The van der Waals surface area contributed by atoms with Gasteiger partial charge in [0.25, 0.3) is 0 Å². The minimum atomic E-state index is 0.221. The highest BCUT2D eigenvalue weighted by Crippen LogP contribution is 2.39. The van der Waals surface area contributed by atoms with Gasteiger partial charge in [0.15, 0.2) is 0 Å². The first kappa shape index (κ1) is 22.5. The van der Waals surface area contributed by atoms with Crippen LogP contribution in [0.3, 0.4) is 0 Å². The lowest BCUT2D eigenvalue weighted by Crippen LogP contribution is -2.53. The number of fused-ring (bicyclic) bond motifs is 1. The second-order valence-corrected chi connectivity index (χ2v) is 9.57. The number of anilines is 1. The topological polar surface area (TPSA) is 98.3 Å². The molecule has 3 heterocycles. The summed E-state index contributed by atoms with van der Waals surface area (Å²) >= 11 is 0. The van der Waals surface area contributed by atoms with Gasteiger partial charge in [-0.1, -0.05) is 30.3 Å². The molecule has 2 aromatic heterocycles. The largest absolute Gasteiger partial charge is 0.457 e. The van der Waals surface area contributed by atoms with Crippen LogP contribution in [0, 0.1) is 0 Å². The monoisotopic (exact) mass is 482 g/mol. The fraction of sp³-hybridized carbons (Fsp3) is 0.321. The zero-order valence-corrected chi connectivity index (χ0v) is 20.1. The van der Waals surface area contributed by atoms with Crippen LogP contribution in [-0.2, 0) is 4.79 Å². The van der Waals surface area contributed by atoms with E-state index in [0.29, 0.717) is 24.4 Å². The zero-order chi connectivity index (χ0) is 24.5. The molecule has 8 heteroatoms. The summed E-state index contributed by atoms with van der Waals surface area (Å²) in [6, 6.07) is 18.4. The maximum absolute atomic E-state index is 12.4. The van der Waals surface area contributed by atoms with Gasteiger partial charge in [-0.2, -0.15) is 0 Å². The minimum Gasteiger partial charge on any atom is -0.457 e. The number of nitrogens with two attached hydrogens (primary N) is 1. The number of carbonyl (C=O) groups excluding carboxylic acids is 1. The van der Waals surface area contributed by atoms with Crippen molar-refractivity contribution in [2.45, 2.75) is 37.8 Å². The fourth-order valence-electron chi connectivity index (χ4n) is 5.59. The third kappa shape index (κ3) is 4.28. The minimum absolute atomic E-state index is 0.221. The number of ether oxygens (including phenoxy) is 1. The molecule has 2 aliphatic rings. The summed E-state index contributed by atoms with van der Waals surface area (Å²) in [4.78, 5) is 23.4. The number of para-hydroxylation sites is 1. The summed E-state index contributed by atoms with van der Waals surface area (Å²) in [7, 11) is 0. The summed E-state index contributed by atoms with van der Waals surface area (Å²) in [5.74, 6) is 2.29. The van der Waals surface area contributed by atoms with Crippen LogP contribution in [-0.4, -0.2) is 51.0 Å². The number of rotatable bonds is 5. The van der Waals surface area contributed by atoms with Crippen LogP contribution in [0.4, 0.5) is 5.82 Å². The van der Waals surface area contributed by atoms with Crippen LogP contribution in [0.25, 0.3) is 22.2 Å². The van der Waals surface area contributed by atoms with Crippen molar-refractivity contribution in [2.24, 2.45) is 0 Å². The third-order valence-corrected chi connectivity index (χ3v) is 7.41. The average molecular weight is 483 g/mol. The van der Waals surface area contributed by atoms with Crippen molar-refractivity contribution in [1.29, 1.82) is 0 Å². The van der Waals surface area contributed by atoms with Gasteiger partial charge in [0.05, 0.1) is 11.9 Å². The molecule has 0 bridgehead atoms. The van der Waals surface area contributed by atoms with Gasteiger partial charge in [-0.25, -0.2) is 9.97 Å². The Kier molecular flexibility index (Phi) is 6.03. The molecule has 8 nitrogen and oxygen atoms in total. The molecule has 2 fully saturated rings. The van der Waals surface area contributed by atoms with E-state index in [1.165, 1.54) is 0 Å². The van der Waals surface area contributed by atoms with Gasteiger partial charge >= 0.3 is 0 Å². The molecule has 4 aromatic rings. The second kappa shape index (κ2) is 9.62. The Balaban J connectivity index is 1.26. The van der Waals surface area contributed by atoms with Crippen LogP contribution in [0.1, 0.15) is 31.7 Å². The molecule has 1 aliphatic heterocycles. The maximum Gasteiger partial charge on any atom is 0.236 e. The van der Waals surface area contributed by atoms with E-state index in [9.17, 15) is 4.79 Å². The Hall–Kier alpha value is -3.91. The van der Waals surface area contributed by atoms with E-state index in [1.54, 1.807) is 6.33 Å². The molecule has 184 valence electrons. The van der Waals surface area contributed by atoms with Crippen LogP contribution >= 0.6 is 0 Å². The highest BCUT2D eigenvalue weighted by atomic mass is 16.5. The number of benzene rings is 2. The lowest BCUT2D eigenvalue weighted by atomic mass is 9.89. The third-order valence-electron chi connectivity index (χ3n) is 7.41. The van der Waals surface area contributed by atoms with E-state index in [-0.39, 0.29) is 5.91 Å². The molecule has 1 amide bonds. The molecule has 0 spiro atoms. The molecule has 1 saturated heterocycles. The van der Waals surface area contributed by atoms with Crippen molar-refractivity contribution in [3.05, 3.63) is 67.1 Å². The van der Waals surface area contributed by atoms with Crippen LogP contribution in [0.15, 0.2) is 67.1 Å². The molecule has 6 rings (SSSR count). The first-order chi connectivity index (χ1) is 17.7. The molecule has 0 unspecified atom stereocenters. The van der Waals surface area contributed by atoms with E-state index in [4.69, 9.17) is 10.5 Å². The molecule has 1 aliphatic carbocycles. The highest BCUT2D eigenvalue weighted by molar-refractivity contribution is 6.00. The Bertz CT molecular complexity index is 1360. The van der Waals surface area contributed by atoms with Crippen molar-refractivity contribution in [2.75, 3.05) is 25.4 Å². The quantitative estimate of drug-likeness (QED) is 0.438. The van der Waals surface area contributed by atoms with Gasteiger partial charge in [0, 0.05) is 36.9 Å². The first-order valence-corrected chi connectivity index (χ1v) is 12.6. The number of amides is 1. The number of nitrogens with one attached hydrogen (secondary N) is 1. The summed E-state index contributed by atoms with van der Waals surface area (Å²) in [5.41, 5.74) is 9.29. The van der Waals surface area contributed by atoms with Crippen molar-refractivity contribution in [1.82, 2.24) is 24.8 Å². The predicted octanol–water partition coefficient (Wildman–Crippen LogP) is 4.39. The highest BCUT2D eigenvalue weighted by Gasteiger charge is 2.31. The molecule has 36 heavy (non-hydrogen) atoms. The number of nitrogens with zero attached hydrogens (tertiary/aromatic N) is 4. The average Bonchev–Trinajstić information content (AvgIpc) is 3.31. The maximum atomic E-state index is 12.4. The zero-order valence-electron chi connectivity index (χ0n) is 20.1. The van der Waals surface area contributed by atoms with Gasteiger partial charge < -0.3 is 25.3 Å². The second-order valence-electron chi connectivity index (χ2n) is 9.57. The van der Waals surface area contributed by atoms with Crippen molar-refractivity contribution in [3.63, 3.8) is 0 Å². The Labute approximate surface area is 210 Å². The van der Waals surface area contributed by atoms with Gasteiger partial charge in [-0.3, -0.25) is 4.79 Å². The Morgan fingerprint density at radius 3 is 2.39 bits per heavy atom. The SMILES string of the molecule is Nc1ncnc2c1c(-c1ccc(Oc3ccccc3)cc1)cn2[C@H]1CC[C@H](N2CCNCC2=O)CC1. The standard InChI is InChI=1S/C28H30N6O2/c29-27-26-24(19-6-12-23(13-7-19)36-22-4-2-1-3-5-22)17-34(28(26)32-18-31-27)21-10-8-20(9-11-21)33-15-14-30-16-25(33)35/h1-7,12-13,17-18,20-21,30H,8-11,14-16H2,(H2,29,31,32)/t20-,21-. The van der Waals surface area contributed by atoms with Crippen molar-refractivity contribution >= 4 is 22.8 Å². The van der Waals surface area contributed by atoms with Crippen LogP contribution < -0.4 is 15.8 Å². The van der Waals surface area contributed by atoms with Gasteiger partial charge in [0.1, 0.15) is 29.3 Å². The van der Waals surface area contributed by atoms with Crippen molar-refractivity contribution < 1.29 is 9.53 Å². The number of nitrogen functional groups attached to an aromatic ring is 1. The summed E-state index contributed by atoms with van der Waals surface area (Å²) in [6.45, 7) is 2.14. The number of hydrogen-bond acceptors (Lipinski definition) is 6. The van der Waals surface area contributed by atoms with E-state index in [2.05, 4.69) is 43.1 Å². The Morgan fingerprint density at radius 2 is 1.64 bits per heavy atom. The predicted molar refractivity (Wildman–Crippen MR) is 140 cm³/mol. The van der Waals surface area contributed by atoms with Crippen LogP contribution in [0.2, 0.25) is 0 Å². The summed E-state index contributed by atoms with van der Waals surface area (Å²) in [5, 5.41) is 4.05. The van der Waals surface area contributed by atoms with E-state index < -0.39 is 0 Å². The molecule has 0 radical (unpaired) electrons. The molecule has 2 aromatic carbocycles. The van der Waals surface area contributed by atoms with Gasteiger partial charge in [0.2, 0.25) is 5.91 Å². The summed E-state index contributed by atoms with van der Waals surface area (Å²) < 4.78 is 8.23. The fourth-order valence-corrected chi connectivity index (χ4v) is 5.59. The molecular weight excluding hydrogens is 452 g/mol. The number of aromatic nitrogens is 3. The van der Waals surface area contributed by atoms with E-state index in [0.717, 1.165) is 72.4 Å². The van der Waals surface area contributed by atoms with Crippen LogP contribution in [0.5, 0.6) is 11.5 Å². The van der Waals surface area contributed by atoms with Gasteiger partial charge in [-0.05, 0) is 55.5 Å². The first-order valence-electron chi connectivity index (χ1n) is 12.6. The molecular formula is C28H30N6O2. The van der Waals surface area contributed by atoms with E-state index in [1.807, 2.05) is 42.5 Å². The number of carbonyl (C=O) groups is 1. The van der Waals surface area contributed by atoms with Crippen molar-refractivity contribution in [3.8, 4) is 22.6 Å².